The van der Waals surface area contributed by atoms with E-state index in [9.17, 15) is 4.79 Å². The van der Waals surface area contributed by atoms with Gasteiger partial charge in [0.25, 0.3) is 0 Å². The van der Waals surface area contributed by atoms with Gasteiger partial charge in [0.05, 0.1) is 11.9 Å². The van der Waals surface area contributed by atoms with E-state index >= 15 is 0 Å². The summed E-state index contributed by atoms with van der Waals surface area (Å²) in [5.41, 5.74) is 2.96. The molecule has 0 heterocycles. The van der Waals surface area contributed by atoms with E-state index < -0.39 is 0 Å². The number of carbonyl (C=O) groups is 1. The van der Waals surface area contributed by atoms with Crippen LogP contribution in [-0.4, -0.2) is 17.7 Å². The average Bonchev–Trinajstić information content (AvgIpc) is 2.61. The number of rotatable bonds is 9. The summed E-state index contributed by atoms with van der Waals surface area (Å²) < 4.78 is 5.76. The zero-order valence-corrected chi connectivity index (χ0v) is 15.1. The van der Waals surface area contributed by atoms with Crippen molar-refractivity contribution >= 4 is 21.7 Å². The first-order chi connectivity index (χ1) is 11.2. The van der Waals surface area contributed by atoms with Crippen molar-refractivity contribution in [3.05, 3.63) is 54.1 Å². The lowest BCUT2D eigenvalue weighted by molar-refractivity contribution is 0.102. The Morgan fingerprint density at radius 2 is 1.52 bits per heavy atom. The van der Waals surface area contributed by atoms with Crippen LogP contribution in [0.3, 0.4) is 0 Å². The van der Waals surface area contributed by atoms with Crippen molar-refractivity contribution in [2.45, 2.75) is 32.6 Å². The Bertz CT molecular complexity index is 603. The maximum absolute atomic E-state index is 11.6. The molecular formula is C20H23BrO2. The van der Waals surface area contributed by atoms with Crippen LogP contribution in [0.25, 0.3) is 11.1 Å². The average molecular weight is 375 g/mol. The van der Waals surface area contributed by atoms with E-state index in [-0.39, 0.29) is 5.78 Å². The van der Waals surface area contributed by atoms with E-state index in [0.717, 1.165) is 35.5 Å². The van der Waals surface area contributed by atoms with Crippen LogP contribution in [-0.2, 0) is 0 Å². The molecule has 0 aliphatic rings. The number of Topliss-reactive ketones (excluding diaryl/α,β-unsaturated/α-hetero) is 1. The molecule has 2 nitrogen and oxygen atoms in total. The molecule has 0 amide bonds. The summed E-state index contributed by atoms with van der Waals surface area (Å²) in [6, 6.07) is 15.8. The molecule has 0 radical (unpaired) electrons. The molecule has 122 valence electrons. The molecule has 3 heteroatoms. The number of hydrogen-bond donors (Lipinski definition) is 0. The normalized spacial score (nSPS) is 10.5. The Hall–Kier alpha value is -1.61. The van der Waals surface area contributed by atoms with Gasteiger partial charge in [-0.25, -0.2) is 0 Å². The van der Waals surface area contributed by atoms with Gasteiger partial charge >= 0.3 is 0 Å². The Balaban J connectivity index is 1.92. The molecule has 0 N–H and O–H groups in total. The van der Waals surface area contributed by atoms with E-state index in [4.69, 9.17) is 4.74 Å². The van der Waals surface area contributed by atoms with E-state index in [1.54, 1.807) is 0 Å². The molecular weight excluding hydrogens is 352 g/mol. The number of hydrogen-bond acceptors (Lipinski definition) is 2. The molecule has 23 heavy (non-hydrogen) atoms. The van der Waals surface area contributed by atoms with Gasteiger partial charge in [-0.15, -0.1) is 0 Å². The van der Waals surface area contributed by atoms with E-state index in [0.29, 0.717) is 5.33 Å². The highest BCUT2D eigenvalue weighted by molar-refractivity contribution is 9.09. The van der Waals surface area contributed by atoms with Crippen LogP contribution in [0.4, 0.5) is 0 Å². The second-order valence-corrected chi connectivity index (χ2v) is 6.13. The summed E-state index contributed by atoms with van der Waals surface area (Å²) in [4.78, 5) is 11.6. The molecule has 2 aromatic carbocycles. The number of benzene rings is 2. The quantitative estimate of drug-likeness (QED) is 0.310. The van der Waals surface area contributed by atoms with Crippen molar-refractivity contribution in [3.63, 3.8) is 0 Å². The zero-order chi connectivity index (χ0) is 16.5. The topological polar surface area (TPSA) is 26.3 Å². The first-order valence-corrected chi connectivity index (χ1v) is 9.29. The minimum absolute atomic E-state index is 0.100. The minimum atomic E-state index is 0.100. The first-order valence-electron chi connectivity index (χ1n) is 8.17. The highest BCUT2D eigenvalue weighted by Crippen LogP contribution is 2.23. The molecule has 0 unspecified atom stereocenters. The minimum Gasteiger partial charge on any atom is -0.494 e. The largest absolute Gasteiger partial charge is 0.494 e. The highest BCUT2D eigenvalue weighted by Gasteiger charge is 2.04. The lowest BCUT2D eigenvalue weighted by Crippen LogP contribution is -1.99. The van der Waals surface area contributed by atoms with Crippen molar-refractivity contribution in [2.24, 2.45) is 0 Å². The van der Waals surface area contributed by atoms with Gasteiger partial charge in [0.1, 0.15) is 5.75 Å². The van der Waals surface area contributed by atoms with Gasteiger partial charge in [0, 0.05) is 5.56 Å². The molecule has 0 bridgehead atoms. The third-order valence-electron chi connectivity index (χ3n) is 3.78. The fourth-order valence-corrected chi connectivity index (χ4v) is 2.71. The Labute approximate surface area is 147 Å². The molecule has 0 aromatic heterocycles. The Kier molecular flexibility index (Phi) is 7.34. The molecule has 0 fully saturated rings. The molecule has 0 spiro atoms. The summed E-state index contributed by atoms with van der Waals surface area (Å²) in [6.07, 6.45) is 4.86. The van der Waals surface area contributed by atoms with Gasteiger partial charge in [-0.1, -0.05) is 78.5 Å². The summed E-state index contributed by atoms with van der Waals surface area (Å²) >= 11 is 3.19. The predicted molar refractivity (Wildman–Crippen MR) is 99.6 cm³/mol. The van der Waals surface area contributed by atoms with Gasteiger partial charge in [-0.3, -0.25) is 4.79 Å². The smallest absolute Gasteiger partial charge is 0.173 e. The van der Waals surface area contributed by atoms with E-state index in [1.807, 2.05) is 36.4 Å². The van der Waals surface area contributed by atoms with Crippen LogP contribution < -0.4 is 4.74 Å². The van der Waals surface area contributed by atoms with Crippen molar-refractivity contribution in [1.29, 1.82) is 0 Å². The third kappa shape index (κ3) is 5.51. The van der Waals surface area contributed by atoms with Gasteiger partial charge < -0.3 is 4.74 Å². The Morgan fingerprint density at radius 3 is 2.09 bits per heavy atom. The van der Waals surface area contributed by atoms with E-state index in [2.05, 4.69) is 35.0 Å². The van der Waals surface area contributed by atoms with Crippen molar-refractivity contribution in [2.75, 3.05) is 11.9 Å². The molecule has 2 rings (SSSR count). The fraction of sp³-hybridized carbons (Fsp3) is 0.350. The lowest BCUT2D eigenvalue weighted by Gasteiger charge is -2.08. The summed E-state index contributed by atoms with van der Waals surface area (Å²) in [6.45, 7) is 2.99. The van der Waals surface area contributed by atoms with Gasteiger partial charge in [-0.05, 0) is 29.7 Å². The van der Waals surface area contributed by atoms with Gasteiger partial charge in [0.15, 0.2) is 5.78 Å². The maximum Gasteiger partial charge on any atom is 0.173 e. The van der Waals surface area contributed by atoms with Crippen molar-refractivity contribution < 1.29 is 9.53 Å². The van der Waals surface area contributed by atoms with Crippen molar-refractivity contribution in [3.8, 4) is 16.9 Å². The molecule has 0 saturated heterocycles. The number of halogens is 1. The third-order valence-corrected chi connectivity index (χ3v) is 4.29. The number of alkyl halides is 1. The number of carbonyl (C=O) groups excluding carboxylic acids is 1. The van der Waals surface area contributed by atoms with Crippen LogP contribution in [0.2, 0.25) is 0 Å². The van der Waals surface area contributed by atoms with Crippen LogP contribution in [0.5, 0.6) is 5.75 Å². The molecule has 0 atom stereocenters. The Morgan fingerprint density at radius 1 is 0.913 bits per heavy atom. The summed E-state index contributed by atoms with van der Waals surface area (Å²) in [5.74, 6) is 1.01. The standard InChI is InChI=1S/C20H23BrO2/c1-2-3-4-5-14-23-19-12-10-17(11-13-19)16-6-8-18(9-7-16)20(22)15-21/h6-13H,2-5,14-15H2,1H3. The molecule has 0 saturated carbocycles. The van der Waals surface area contributed by atoms with Crippen LogP contribution in [0.1, 0.15) is 43.0 Å². The first kappa shape index (κ1) is 17.7. The predicted octanol–water partition coefficient (Wildman–Crippen LogP) is 5.89. The monoisotopic (exact) mass is 374 g/mol. The fourth-order valence-electron chi connectivity index (χ4n) is 2.39. The molecule has 0 aliphatic carbocycles. The summed E-state index contributed by atoms with van der Waals surface area (Å²) in [5, 5.41) is 0.358. The van der Waals surface area contributed by atoms with Crippen LogP contribution in [0.15, 0.2) is 48.5 Å². The van der Waals surface area contributed by atoms with Gasteiger partial charge in [-0.2, -0.15) is 0 Å². The number of ketones is 1. The zero-order valence-electron chi connectivity index (χ0n) is 13.6. The second kappa shape index (κ2) is 9.51. The highest BCUT2D eigenvalue weighted by atomic mass is 79.9. The van der Waals surface area contributed by atoms with Crippen LogP contribution in [0, 0.1) is 0 Å². The van der Waals surface area contributed by atoms with Crippen molar-refractivity contribution in [1.82, 2.24) is 0 Å². The summed E-state index contributed by atoms with van der Waals surface area (Å²) in [7, 11) is 0. The number of unbranched alkanes of at least 4 members (excludes halogenated alkanes) is 3. The molecule has 0 aliphatic heterocycles. The van der Waals surface area contributed by atoms with Gasteiger partial charge in [0.2, 0.25) is 0 Å². The number of ether oxygens (including phenoxy) is 1. The van der Waals surface area contributed by atoms with Crippen LogP contribution >= 0.6 is 15.9 Å². The lowest BCUT2D eigenvalue weighted by atomic mass is 10.0. The SMILES string of the molecule is CCCCCCOc1ccc(-c2ccc(C(=O)CBr)cc2)cc1. The molecule has 2 aromatic rings. The maximum atomic E-state index is 11.6. The van der Waals surface area contributed by atoms with E-state index in [1.165, 1.54) is 19.3 Å². The second-order valence-electron chi connectivity index (χ2n) is 5.57.